The number of hydrogen-bond acceptors (Lipinski definition) is 2. The molecule has 2 aromatic carbocycles. The Bertz CT molecular complexity index is 576. The quantitative estimate of drug-likeness (QED) is 0.853. The van der Waals surface area contributed by atoms with E-state index in [2.05, 4.69) is 11.9 Å². The van der Waals surface area contributed by atoms with E-state index >= 15 is 0 Å². The number of anilines is 2. The van der Waals surface area contributed by atoms with Crippen LogP contribution in [0.1, 0.15) is 15.9 Å². The van der Waals surface area contributed by atoms with Crippen molar-refractivity contribution in [2.24, 2.45) is 0 Å². The predicted octanol–water partition coefficient (Wildman–Crippen LogP) is 3.77. The molecule has 0 aliphatic rings. The van der Waals surface area contributed by atoms with Crippen molar-refractivity contribution in [1.82, 2.24) is 0 Å². The number of carboxylic acids is 1. The number of rotatable bonds is 4. The molecule has 0 spiro atoms. The molecule has 0 saturated carbocycles. The molecule has 2 rings (SSSR count). The van der Waals surface area contributed by atoms with Crippen LogP contribution in [0.3, 0.4) is 0 Å². The number of para-hydroxylation sites is 1. The van der Waals surface area contributed by atoms with E-state index in [-0.39, 0.29) is 5.56 Å². The average Bonchev–Trinajstić information content (AvgIpc) is 2.40. The van der Waals surface area contributed by atoms with Crippen LogP contribution < -0.4 is 5.32 Å². The highest BCUT2D eigenvalue weighted by atomic mass is 16.4. The van der Waals surface area contributed by atoms with Crippen molar-refractivity contribution in [3.63, 3.8) is 0 Å². The largest absolute Gasteiger partial charge is 0.478 e. The lowest BCUT2D eigenvalue weighted by Gasteiger charge is -2.08. The maximum atomic E-state index is 11.1. The lowest BCUT2D eigenvalue weighted by Crippen LogP contribution is -2.01. The van der Waals surface area contributed by atoms with E-state index in [1.807, 2.05) is 36.4 Å². The molecule has 0 atom stereocenters. The number of carboxylic acid groups (broad SMARTS) is 1. The first kappa shape index (κ1) is 11.9. The Kier molecular flexibility index (Phi) is 3.44. The summed E-state index contributed by atoms with van der Waals surface area (Å²) in [5.74, 6) is -0.957. The Balaban J connectivity index is 2.33. The summed E-state index contributed by atoms with van der Waals surface area (Å²) in [4.78, 5) is 11.1. The summed E-state index contributed by atoms with van der Waals surface area (Å²) >= 11 is 0. The van der Waals surface area contributed by atoms with Crippen LogP contribution in [-0.4, -0.2) is 11.1 Å². The first-order valence-corrected chi connectivity index (χ1v) is 5.52. The molecule has 0 unspecified atom stereocenters. The molecule has 2 N–H and O–H groups in total. The van der Waals surface area contributed by atoms with Gasteiger partial charge in [-0.15, -0.1) is 0 Å². The summed E-state index contributed by atoms with van der Waals surface area (Å²) in [6.45, 7) is 3.60. The van der Waals surface area contributed by atoms with Gasteiger partial charge in [-0.05, 0) is 29.8 Å². The fourth-order valence-electron chi connectivity index (χ4n) is 1.69. The van der Waals surface area contributed by atoms with Crippen LogP contribution in [0.15, 0.2) is 55.1 Å². The van der Waals surface area contributed by atoms with Gasteiger partial charge in [0.25, 0.3) is 0 Å². The van der Waals surface area contributed by atoms with Crippen molar-refractivity contribution in [3.05, 3.63) is 66.2 Å². The number of carbonyl (C=O) groups is 1. The van der Waals surface area contributed by atoms with Crippen molar-refractivity contribution in [2.45, 2.75) is 0 Å². The number of benzene rings is 2. The topological polar surface area (TPSA) is 49.3 Å². The van der Waals surface area contributed by atoms with Gasteiger partial charge in [-0.2, -0.15) is 0 Å². The van der Waals surface area contributed by atoms with E-state index < -0.39 is 5.97 Å². The number of hydrogen-bond donors (Lipinski definition) is 2. The van der Waals surface area contributed by atoms with E-state index in [9.17, 15) is 4.79 Å². The van der Waals surface area contributed by atoms with Gasteiger partial charge < -0.3 is 10.4 Å². The Labute approximate surface area is 105 Å². The first-order chi connectivity index (χ1) is 8.70. The highest BCUT2D eigenvalue weighted by Crippen LogP contribution is 2.20. The van der Waals surface area contributed by atoms with Crippen molar-refractivity contribution in [3.8, 4) is 0 Å². The molecule has 90 valence electrons. The Morgan fingerprint density at radius 2 is 1.83 bits per heavy atom. The highest BCUT2D eigenvalue weighted by Gasteiger charge is 2.08. The molecule has 3 heteroatoms. The van der Waals surface area contributed by atoms with Gasteiger partial charge in [0.2, 0.25) is 0 Å². The molecule has 0 aromatic heterocycles. The van der Waals surface area contributed by atoms with Crippen molar-refractivity contribution in [2.75, 3.05) is 5.32 Å². The normalized spacial score (nSPS) is 9.78. The van der Waals surface area contributed by atoms with Crippen molar-refractivity contribution < 1.29 is 9.90 Å². The molecule has 18 heavy (non-hydrogen) atoms. The molecule has 0 aliphatic heterocycles. The van der Waals surface area contributed by atoms with Gasteiger partial charge >= 0.3 is 5.97 Å². The minimum atomic E-state index is -0.957. The highest BCUT2D eigenvalue weighted by molar-refractivity contribution is 5.93. The smallest absolute Gasteiger partial charge is 0.336 e. The molecular formula is C15H13NO2. The summed E-state index contributed by atoms with van der Waals surface area (Å²) in [5.41, 5.74) is 2.51. The third kappa shape index (κ3) is 2.58. The second kappa shape index (κ2) is 5.19. The Morgan fingerprint density at radius 3 is 2.44 bits per heavy atom. The molecule has 0 aliphatic carbocycles. The average molecular weight is 239 g/mol. The van der Waals surface area contributed by atoms with E-state index in [0.29, 0.717) is 5.56 Å². The Morgan fingerprint density at radius 1 is 1.11 bits per heavy atom. The van der Waals surface area contributed by atoms with Gasteiger partial charge in [-0.3, -0.25) is 0 Å². The molecule has 0 amide bonds. The molecular weight excluding hydrogens is 226 g/mol. The summed E-state index contributed by atoms with van der Waals surface area (Å²) < 4.78 is 0. The monoisotopic (exact) mass is 239 g/mol. The van der Waals surface area contributed by atoms with Crippen LogP contribution >= 0.6 is 0 Å². The van der Waals surface area contributed by atoms with E-state index in [0.717, 1.165) is 11.4 Å². The lowest BCUT2D eigenvalue weighted by atomic mass is 10.1. The third-order valence-electron chi connectivity index (χ3n) is 2.57. The fourth-order valence-corrected chi connectivity index (χ4v) is 1.69. The zero-order valence-electron chi connectivity index (χ0n) is 9.76. The van der Waals surface area contributed by atoms with Crippen LogP contribution in [0.25, 0.3) is 6.08 Å². The van der Waals surface area contributed by atoms with Crippen LogP contribution in [0.5, 0.6) is 0 Å². The van der Waals surface area contributed by atoms with E-state index in [4.69, 9.17) is 5.11 Å². The standard InChI is InChI=1S/C15H13NO2/c1-2-11-8-9-13(10-14(11)15(17)18)16-12-6-4-3-5-7-12/h2-10,16H,1H2,(H,17,18). The van der Waals surface area contributed by atoms with Crippen LogP contribution in [0, 0.1) is 0 Å². The second-order valence-corrected chi connectivity index (χ2v) is 3.80. The predicted molar refractivity (Wildman–Crippen MR) is 73.2 cm³/mol. The summed E-state index contributed by atoms with van der Waals surface area (Å²) in [6.07, 6.45) is 1.54. The minimum absolute atomic E-state index is 0.242. The minimum Gasteiger partial charge on any atom is -0.478 e. The fraction of sp³-hybridized carbons (Fsp3) is 0. The van der Waals surface area contributed by atoms with Gasteiger partial charge in [0.05, 0.1) is 5.56 Å². The molecule has 0 heterocycles. The number of nitrogens with one attached hydrogen (secondary N) is 1. The van der Waals surface area contributed by atoms with E-state index in [1.165, 1.54) is 6.08 Å². The number of aromatic carboxylic acids is 1. The Hall–Kier alpha value is -2.55. The molecule has 0 radical (unpaired) electrons. The van der Waals surface area contributed by atoms with Gasteiger partial charge in [0.15, 0.2) is 0 Å². The van der Waals surface area contributed by atoms with Crippen molar-refractivity contribution >= 4 is 23.4 Å². The van der Waals surface area contributed by atoms with Crippen molar-refractivity contribution in [1.29, 1.82) is 0 Å². The molecule has 3 nitrogen and oxygen atoms in total. The van der Waals surface area contributed by atoms with Gasteiger partial charge in [0.1, 0.15) is 0 Å². The molecule has 0 fully saturated rings. The maximum Gasteiger partial charge on any atom is 0.336 e. The molecule has 0 saturated heterocycles. The summed E-state index contributed by atoms with van der Waals surface area (Å²) in [7, 11) is 0. The van der Waals surface area contributed by atoms with Crippen LogP contribution in [-0.2, 0) is 0 Å². The van der Waals surface area contributed by atoms with Crippen LogP contribution in [0.4, 0.5) is 11.4 Å². The summed E-state index contributed by atoms with van der Waals surface area (Å²) in [5, 5.41) is 12.3. The second-order valence-electron chi connectivity index (χ2n) is 3.80. The third-order valence-corrected chi connectivity index (χ3v) is 2.57. The molecule has 0 bridgehead atoms. The first-order valence-electron chi connectivity index (χ1n) is 5.52. The summed E-state index contributed by atoms with van der Waals surface area (Å²) in [6, 6.07) is 14.8. The zero-order chi connectivity index (χ0) is 13.0. The molecule has 2 aromatic rings. The van der Waals surface area contributed by atoms with Gasteiger partial charge in [-0.25, -0.2) is 4.79 Å². The van der Waals surface area contributed by atoms with E-state index in [1.54, 1.807) is 12.1 Å². The zero-order valence-corrected chi connectivity index (χ0v) is 9.76. The maximum absolute atomic E-state index is 11.1. The van der Waals surface area contributed by atoms with Gasteiger partial charge in [-0.1, -0.05) is 36.9 Å². The van der Waals surface area contributed by atoms with Crippen LogP contribution in [0.2, 0.25) is 0 Å². The van der Waals surface area contributed by atoms with Gasteiger partial charge in [0, 0.05) is 11.4 Å². The lowest BCUT2D eigenvalue weighted by molar-refractivity contribution is 0.0696. The SMILES string of the molecule is C=Cc1ccc(Nc2ccccc2)cc1C(=O)O.